The van der Waals surface area contributed by atoms with E-state index in [1.807, 2.05) is 0 Å². The maximum absolute atomic E-state index is 13.5. The molecule has 6 heteroatoms. The fourth-order valence-corrected chi connectivity index (χ4v) is 2.44. The van der Waals surface area contributed by atoms with Crippen molar-refractivity contribution in [3.63, 3.8) is 0 Å². The van der Waals surface area contributed by atoms with Gasteiger partial charge in [0.1, 0.15) is 11.0 Å². The lowest BCUT2D eigenvalue weighted by Crippen LogP contribution is -1.92. The summed E-state index contributed by atoms with van der Waals surface area (Å²) in [7, 11) is 0. The Kier molecular flexibility index (Phi) is 2.72. The summed E-state index contributed by atoms with van der Waals surface area (Å²) in [6.45, 7) is 1.68. The fourth-order valence-electron chi connectivity index (χ4n) is 1.66. The molecule has 0 spiro atoms. The van der Waals surface area contributed by atoms with E-state index in [0.717, 1.165) is 4.88 Å². The van der Waals surface area contributed by atoms with Gasteiger partial charge in [0.25, 0.3) is 0 Å². The van der Waals surface area contributed by atoms with Gasteiger partial charge in [-0.3, -0.25) is 4.98 Å². The topological polar surface area (TPSA) is 38.7 Å². The number of aryl methyl sites for hydroxylation is 1. The highest BCUT2D eigenvalue weighted by atomic mass is 35.5. The first-order chi connectivity index (χ1) is 8.65. The summed E-state index contributed by atoms with van der Waals surface area (Å²) < 4.78 is 13.5. The Bertz CT molecular complexity index is 728. The van der Waals surface area contributed by atoms with Gasteiger partial charge < -0.3 is 0 Å². The maximum atomic E-state index is 13.5. The van der Waals surface area contributed by atoms with E-state index in [1.165, 1.54) is 17.4 Å². The standard InChI is InChI=1S/C12H7ClFN3S/c1-6-2-7-9(3-8(6)14)16-12(17-11(7)13)10-4-15-5-18-10/h2-5H,1H3. The summed E-state index contributed by atoms with van der Waals surface area (Å²) in [6, 6.07) is 3.03. The van der Waals surface area contributed by atoms with Crippen molar-refractivity contribution in [2.24, 2.45) is 0 Å². The van der Waals surface area contributed by atoms with Crippen LogP contribution < -0.4 is 0 Å². The minimum Gasteiger partial charge on any atom is -0.252 e. The molecule has 3 nitrogen and oxygen atoms in total. The van der Waals surface area contributed by atoms with Gasteiger partial charge in [0.05, 0.1) is 15.9 Å². The Morgan fingerprint density at radius 1 is 1.28 bits per heavy atom. The molecule has 0 amide bonds. The number of benzene rings is 1. The second-order valence-electron chi connectivity index (χ2n) is 3.82. The molecule has 2 heterocycles. The first-order valence-electron chi connectivity index (χ1n) is 5.17. The predicted octanol–water partition coefficient (Wildman–Crippen LogP) is 3.85. The van der Waals surface area contributed by atoms with Crippen molar-refractivity contribution in [3.05, 3.63) is 40.4 Å². The van der Waals surface area contributed by atoms with E-state index in [9.17, 15) is 4.39 Å². The van der Waals surface area contributed by atoms with Crippen LogP contribution in [0.3, 0.4) is 0 Å². The van der Waals surface area contributed by atoms with Crippen molar-refractivity contribution in [3.8, 4) is 10.7 Å². The van der Waals surface area contributed by atoms with E-state index in [4.69, 9.17) is 11.6 Å². The van der Waals surface area contributed by atoms with Gasteiger partial charge in [0, 0.05) is 17.6 Å². The monoisotopic (exact) mass is 279 g/mol. The van der Waals surface area contributed by atoms with Crippen LogP contribution in [-0.2, 0) is 0 Å². The number of thiazole rings is 1. The molecule has 0 unspecified atom stereocenters. The highest BCUT2D eigenvalue weighted by molar-refractivity contribution is 7.13. The molecular weight excluding hydrogens is 273 g/mol. The van der Waals surface area contributed by atoms with Crippen molar-refractivity contribution in [1.82, 2.24) is 15.0 Å². The van der Waals surface area contributed by atoms with Crippen LogP contribution in [0.2, 0.25) is 5.15 Å². The van der Waals surface area contributed by atoms with Gasteiger partial charge in [0.15, 0.2) is 5.82 Å². The third kappa shape index (κ3) is 1.85. The molecule has 0 aliphatic carbocycles. The smallest absolute Gasteiger partial charge is 0.173 e. The number of fused-ring (bicyclic) bond motifs is 1. The molecule has 2 aromatic heterocycles. The normalized spacial score (nSPS) is 11.1. The van der Waals surface area contributed by atoms with Crippen molar-refractivity contribution in [2.75, 3.05) is 0 Å². The molecule has 1 aromatic carbocycles. The van der Waals surface area contributed by atoms with Crippen molar-refractivity contribution in [2.45, 2.75) is 6.92 Å². The Hall–Kier alpha value is -1.59. The van der Waals surface area contributed by atoms with Crippen molar-refractivity contribution >= 4 is 33.8 Å². The largest absolute Gasteiger partial charge is 0.252 e. The molecular formula is C12H7ClFN3S. The average Bonchev–Trinajstić information content (AvgIpc) is 2.85. The molecule has 3 rings (SSSR count). The van der Waals surface area contributed by atoms with Crippen LogP contribution in [0, 0.1) is 12.7 Å². The molecule has 0 atom stereocenters. The van der Waals surface area contributed by atoms with Gasteiger partial charge >= 0.3 is 0 Å². The minimum absolute atomic E-state index is 0.299. The second kappa shape index (κ2) is 4.26. The van der Waals surface area contributed by atoms with Gasteiger partial charge in [-0.2, -0.15) is 0 Å². The summed E-state index contributed by atoms with van der Waals surface area (Å²) in [5.41, 5.74) is 2.71. The first-order valence-corrected chi connectivity index (χ1v) is 6.43. The van der Waals surface area contributed by atoms with Crippen LogP contribution >= 0.6 is 22.9 Å². The van der Waals surface area contributed by atoms with Gasteiger partial charge in [-0.1, -0.05) is 11.6 Å². The zero-order chi connectivity index (χ0) is 12.7. The molecule has 0 saturated carbocycles. The maximum Gasteiger partial charge on any atom is 0.173 e. The van der Waals surface area contributed by atoms with Crippen LogP contribution in [0.25, 0.3) is 21.6 Å². The molecule has 0 aliphatic rings. The van der Waals surface area contributed by atoms with Crippen LogP contribution in [-0.4, -0.2) is 15.0 Å². The molecule has 0 aliphatic heterocycles. The zero-order valence-corrected chi connectivity index (χ0v) is 10.9. The van der Waals surface area contributed by atoms with E-state index in [-0.39, 0.29) is 5.82 Å². The second-order valence-corrected chi connectivity index (χ2v) is 5.07. The lowest BCUT2D eigenvalue weighted by Gasteiger charge is -2.04. The van der Waals surface area contributed by atoms with Crippen LogP contribution in [0.15, 0.2) is 23.8 Å². The van der Waals surface area contributed by atoms with Gasteiger partial charge in [-0.25, -0.2) is 14.4 Å². The van der Waals surface area contributed by atoms with Gasteiger partial charge in [-0.05, 0) is 18.6 Å². The lowest BCUT2D eigenvalue weighted by molar-refractivity contribution is 0.620. The molecule has 0 saturated heterocycles. The van der Waals surface area contributed by atoms with Crippen LogP contribution in [0.4, 0.5) is 4.39 Å². The molecule has 0 radical (unpaired) electrons. The quantitative estimate of drug-likeness (QED) is 0.635. The Balaban J connectivity index is 2.30. The molecule has 3 aromatic rings. The van der Waals surface area contributed by atoms with E-state index < -0.39 is 0 Å². The summed E-state index contributed by atoms with van der Waals surface area (Å²) in [5, 5.41) is 0.982. The van der Waals surface area contributed by atoms with E-state index in [0.29, 0.717) is 27.4 Å². The van der Waals surface area contributed by atoms with Crippen molar-refractivity contribution < 1.29 is 4.39 Å². The molecule has 18 heavy (non-hydrogen) atoms. The van der Waals surface area contributed by atoms with Gasteiger partial charge in [0.2, 0.25) is 0 Å². The summed E-state index contributed by atoms with van der Waals surface area (Å²) in [5.74, 6) is 0.172. The number of hydrogen-bond acceptors (Lipinski definition) is 4. The number of hydrogen-bond donors (Lipinski definition) is 0. The van der Waals surface area contributed by atoms with E-state index in [1.54, 1.807) is 24.7 Å². The number of nitrogens with zero attached hydrogens (tertiary/aromatic N) is 3. The highest BCUT2D eigenvalue weighted by Crippen LogP contribution is 2.28. The number of rotatable bonds is 1. The minimum atomic E-state index is -0.299. The van der Waals surface area contributed by atoms with Crippen LogP contribution in [0.5, 0.6) is 0 Å². The Morgan fingerprint density at radius 2 is 2.11 bits per heavy atom. The fraction of sp³-hybridized carbons (Fsp3) is 0.0833. The zero-order valence-electron chi connectivity index (χ0n) is 9.32. The predicted molar refractivity (Wildman–Crippen MR) is 70.4 cm³/mol. The average molecular weight is 280 g/mol. The summed E-state index contributed by atoms with van der Waals surface area (Å²) >= 11 is 7.53. The van der Waals surface area contributed by atoms with E-state index in [2.05, 4.69) is 15.0 Å². The summed E-state index contributed by atoms with van der Waals surface area (Å²) in [6.07, 6.45) is 1.66. The Labute approximate surface area is 111 Å². The molecule has 0 bridgehead atoms. The first kappa shape index (κ1) is 11.5. The lowest BCUT2D eigenvalue weighted by atomic mass is 10.1. The molecule has 90 valence electrons. The Morgan fingerprint density at radius 3 is 2.83 bits per heavy atom. The van der Waals surface area contributed by atoms with Crippen molar-refractivity contribution in [1.29, 1.82) is 0 Å². The summed E-state index contributed by atoms with van der Waals surface area (Å²) in [4.78, 5) is 13.3. The number of aromatic nitrogens is 3. The third-order valence-corrected chi connectivity index (χ3v) is 3.64. The van der Waals surface area contributed by atoms with Crippen LogP contribution in [0.1, 0.15) is 5.56 Å². The van der Waals surface area contributed by atoms with E-state index >= 15 is 0 Å². The molecule has 0 fully saturated rings. The van der Waals surface area contributed by atoms with Gasteiger partial charge in [-0.15, -0.1) is 11.3 Å². The highest BCUT2D eigenvalue weighted by Gasteiger charge is 2.11. The third-order valence-electron chi connectivity index (χ3n) is 2.58. The SMILES string of the molecule is Cc1cc2c(Cl)nc(-c3cncs3)nc2cc1F. The molecule has 0 N–H and O–H groups in total. The number of halogens is 2.